The Morgan fingerprint density at radius 3 is 2.65 bits per heavy atom. The maximum absolute atomic E-state index is 10.9. The largest absolute Gasteiger partial charge is 0.426 e. The predicted octanol–water partition coefficient (Wildman–Crippen LogP) is 3.33. The molecule has 1 aliphatic rings. The van der Waals surface area contributed by atoms with E-state index in [-0.39, 0.29) is 11.7 Å². The Labute approximate surface area is 133 Å². The number of nitro benzene ring substituents is 1. The number of aryl methyl sites for hydroxylation is 1. The molecule has 0 radical (unpaired) electrons. The summed E-state index contributed by atoms with van der Waals surface area (Å²) in [6.45, 7) is 2.00. The number of nitrogens with zero attached hydrogens (tertiary/aromatic N) is 2. The van der Waals surface area contributed by atoms with Crippen LogP contribution in [0.15, 0.2) is 59.6 Å². The zero-order valence-electron chi connectivity index (χ0n) is 12.5. The first-order valence-electron chi connectivity index (χ1n) is 7.07. The van der Waals surface area contributed by atoms with Crippen molar-refractivity contribution in [3.8, 4) is 0 Å². The summed E-state index contributed by atoms with van der Waals surface area (Å²) in [5, 5.41) is 10.9. The lowest BCUT2D eigenvalue weighted by atomic mass is 10.0. The summed E-state index contributed by atoms with van der Waals surface area (Å²) < 4.78 is 5.50. The molecule has 2 aromatic carbocycles. The van der Waals surface area contributed by atoms with Crippen molar-refractivity contribution in [1.29, 1.82) is 0 Å². The molecule has 6 heteroatoms. The van der Waals surface area contributed by atoms with Gasteiger partial charge in [-0.25, -0.2) is 4.99 Å². The average molecular weight is 309 g/mol. The van der Waals surface area contributed by atoms with Gasteiger partial charge in [-0.15, -0.1) is 0 Å². The van der Waals surface area contributed by atoms with Crippen molar-refractivity contribution in [3.63, 3.8) is 0 Å². The number of nitrogens with two attached hydrogens (primary N) is 1. The van der Waals surface area contributed by atoms with Crippen molar-refractivity contribution in [2.75, 3.05) is 0 Å². The fourth-order valence-electron chi connectivity index (χ4n) is 2.36. The van der Waals surface area contributed by atoms with Gasteiger partial charge >= 0.3 is 0 Å². The molecular weight excluding hydrogens is 294 g/mol. The third-order valence-corrected chi connectivity index (χ3v) is 3.55. The van der Waals surface area contributed by atoms with E-state index in [0.717, 1.165) is 11.1 Å². The molecule has 2 N–H and O–H groups in total. The summed E-state index contributed by atoms with van der Waals surface area (Å²) in [6, 6.07) is 13.8. The van der Waals surface area contributed by atoms with Crippen molar-refractivity contribution in [2.45, 2.75) is 13.0 Å². The molecule has 0 bridgehead atoms. The lowest BCUT2D eigenvalue weighted by Crippen LogP contribution is -2.20. The second-order valence-corrected chi connectivity index (χ2v) is 5.26. The maximum atomic E-state index is 10.9. The summed E-state index contributed by atoms with van der Waals surface area (Å²) in [5.41, 5.74) is 8.50. The van der Waals surface area contributed by atoms with E-state index in [2.05, 4.69) is 4.99 Å². The third kappa shape index (κ3) is 3.21. The van der Waals surface area contributed by atoms with Gasteiger partial charge in [-0.3, -0.25) is 10.1 Å². The lowest BCUT2D eigenvalue weighted by molar-refractivity contribution is -0.384. The molecule has 0 spiro atoms. The smallest absolute Gasteiger partial charge is 0.288 e. The molecular formula is C17H15N3O3. The van der Waals surface area contributed by atoms with E-state index in [1.807, 2.05) is 31.2 Å². The third-order valence-electron chi connectivity index (χ3n) is 3.55. The molecule has 1 atom stereocenters. The van der Waals surface area contributed by atoms with E-state index >= 15 is 0 Å². The lowest BCUT2D eigenvalue weighted by Gasteiger charge is -2.19. The van der Waals surface area contributed by atoms with Crippen molar-refractivity contribution >= 4 is 17.5 Å². The zero-order chi connectivity index (χ0) is 16.4. The minimum absolute atomic E-state index is 0.0213. The first-order valence-corrected chi connectivity index (χ1v) is 7.07. The van der Waals surface area contributed by atoms with Crippen LogP contribution in [0.5, 0.6) is 0 Å². The summed E-state index contributed by atoms with van der Waals surface area (Å²) in [6.07, 6.45) is 1.81. The monoisotopic (exact) mass is 309 g/mol. The molecule has 0 saturated carbocycles. The van der Waals surface area contributed by atoms with Gasteiger partial charge in [0.2, 0.25) is 0 Å². The van der Waals surface area contributed by atoms with Crippen LogP contribution in [0.3, 0.4) is 0 Å². The van der Waals surface area contributed by atoms with Crippen molar-refractivity contribution in [2.24, 2.45) is 10.7 Å². The number of benzene rings is 2. The Morgan fingerprint density at radius 1 is 1.22 bits per heavy atom. The highest BCUT2D eigenvalue weighted by molar-refractivity contribution is 5.82. The molecule has 6 nitrogen and oxygen atoms in total. The molecule has 2 aromatic rings. The molecule has 0 fully saturated rings. The van der Waals surface area contributed by atoms with Crippen molar-refractivity contribution in [3.05, 3.63) is 81.4 Å². The Kier molecular flexibility index (Phi) is 3.80. The fraction of sp³-hybridized carbons (Fsp3) is 0.118. The molecule has 0 aliphatic carbocycles. The molecule has 3 rings (SSSR count). The van der Waals surface area contributed by atoms with Gasteiger partial charge in [-0.2, -0.15) is 0 Å². The van der Waals surface area contributed by atoms with Crippen LogP contribution in [-0.2, 0) is 4.74 Å². The fourth-order valence-corrected chi connectivity index (χ4v) is 2.36. The van der Waals surface area contributed by atoms with E-state index in [9.17, 15) is 10.1 Å². The van der Waals surface area contributed by atoms with E-state index < -0.39 is 11.0 Å². The van der Waals surface area contributed by atoms with Crippen LogP contribution in [0.4, 0.5) is 5.69 Å². The molecule has 116 valence electrons. The number of rotatable bonds is 3. The summed E-state index contributed by atoms with van der Waals surface area (Å²) in [7, 11) is 0. The van der Waals surface area contributed by atoms with Crippen LogP contribution in [0.1, 0.15) is 22.7 Å². The van der Waals surface area contributed by atoms with Crippen LogP contribution in [-0.4, -0.2) is 10.9 Å². The Balaban J connectivity index is 1.98. The first-order chi connectivity index (χ1) is 11.0. The van der Waals surface area contributed by atoms with Gasteiger partial charge in [-0.05, 0) is 18.6 Å². The number of hydrogen-bond donors (Lipinski definition) is 1. The van der Waals surface area contributed by atoms with E-state index in [0.29, 0.717) is 11.3 Å². The van der Waals surface area contributed by atoms with Crippen molar-refractivity contribution in [1.82, 2.24) is 0 Å². The van der Waals surface area contributed by atoms with Crippen LogP contribution in [0.25, 0.3) is 5.76 Å². The molecule has 1 aliphatic heterocycles. The average Bonchev–Trinajstić information content (AvgIpc) is 2.55. The van der Waals surface area contributed by atoms with Gasteiger partial charge in [0.25, 0.3) is 11.7 Å². The van der Waals surface area contributed by atoms with Crippen LogP contribution >= 0.6 is 0 Å². The Bertz CT molecular complexity index is 810. The van der Waals surface area contributed by atoms with E-state index in [1.54, 1.807) is 18.2 Å². The van der Waals surface area contributed by atoms with Gasteiger partial charge in [0, 0.05) is 17.7 Å². The number of nitro groups is 1. The highest BCUT2D eigenvalue weighted by Crippen LogP contribution is 2.30. The van der Waals surface area contributed by atoms with Crippen molar-refractivity contribution < 1.29 is 9.66 Å². The van der Waals surface area contributed by atoms with Crippen LogP contribution < -0.4 is 5.73 Å². The number of amidine groups is 1. The second-order valence-electron chi connectivity index (χ2n) is 5.26. The Morgan fingerprint density at radius 2 is 1.96 bits per heavy atom. The minimum atomic E-state index is -0.430. The molecule has 23 heavy (non-hydrogen) atoms. The Hall–Kier alpha value is -3.15. The number of non-ortho nitro benzene ring substituents is 1. The summed E-state index contributed by atoms with van der Waals surface area (Å²) >= 11 is 0. The van der Waals surface area contributed by atoms with Gasteiger partial charge in [-0.1, -0.05) is 42.0 Å². The standard InChI is InChI=1S/C17H15N3O3/c1-11-5-7-12(8-6-11)16-10-15(19-17(18)23-16)13-3-2-4-14(9-13)20(21)22/h2-10,15H,1H3,(H2,18,19). The number of ether oxygens (including phenoxy) is 1. The minimum Gasteiger partial charge on any atom is -0.426 e. The zero-order valence-corrected chi connectivity index (χ0v) is 12.5. The molecule has 1 heterocycles. The predicted molar refractivity (Wildman–Crippen MR) is 87.7 cm³/mol. The quantitative estimate of drug-likeness (QED) is 0.695. The molecule has 0 saturated heterocycles. The molecule has 0 aromatic heterocycles. The van der Waals surface area contributed by atoms with Crippen LogP contribution in [0, 0.1) is 17.0 Å². The van der Waals surface area contributed by atoms with Gasteiger partial charge in [0.15, 0.2) is 0 Å². The second kappa shape index (κ2) is 5.92. The number of aliphatic imine (C=N–C) groups is 1. The van der Waals surface area contributed by atoms with Gasteiger partial charge in [0.1, 0.15) is 11.8 Å². The highest BCUT2D eigenvalue weighted by atomic mass is 16.6. The number of hydrogen-bond acceptors (Lipinski definition) is 5. The van der Waals surface area contributed by atoms with Crippen LogP contribution in [0.2, 0.25) is 0 Å². The molecule has 0 amide bonds. The summed E-state index contributed by atoms with van der Waals surface area (Å²) in [5.74, 6) is 0.592. The summed E-state index contributed by atoms with van der Waals surface area (Å²) in [4.78, 5) is 14.7. The maximum Gasteiger partial charge on any atom is 0.288 e. The highest BCUT2D eigenvalue weighted by Gasteiger charge is 2.20. The SMILES string of the molecule is Cc1ccc(C2=CC(c3cccc([N+](=O)[O-])c3)N=C(N)O2)cc1. The normalized spacial score (nSPS) is 17.0. The van der Waals surface area contributed by atoms with Gasteiger partial charge < -0.3 is 10.5 Å². The van der Waals surface area contributed by atoms with Gasteiger partial charge in [0.05, 0.1) is 4.92 Å². The van der Waals surface area contributed by atoms with E-state index in [1.165, 1.54) is 12.1 Å². The van der Waals surface area contributed by atoms with E-state index in [4.69, 9.17) is 10.5 Å². The molecule has 1 unspecified atom stereocenters. The topological polar surface area (TPSA) is 90.8 Å². The first kappa shape index (κ1) is 14.8.